The zero-order chi connectivity index (χ0) is 16.8. The molecule has 1 aromatic heterocycles. The maximum absolute atomic E-state index is 12.7. The average molecular weight is 319 g/mol. The summed E-state index contributed by atoms with van der Waals surface area (Å²) < 4.78 is 38.0. The maximum atomic E-state index is 12.7. The molecule has 0 fully saturated rings. The van der Waals surface area contributed by atoms with E-state index in [1.165, 1.54) is 12.1 Å². The highest BCUT2D eigenvalue weighted by atomic mass is 19.4. The van der Waals surface area contributed by atoms with Crippen LogP contribution in [0, 0.1) is 6.92 Å². The highest BCUT2D eigenvalue weighted by Gasteiger charge is 2.30. The van der Waals surface area contributed by atoms with Crippen molar-refractivity contribution >= 4 is 16.9 Å². The van der Waals surface area contributed by atoms with E-state index in [0.717, 1.165) is 17.7 Å². The van der Waals surface area contributed by atoms with Crippen molar-refractivity contribution in [2.24, 2.45) is 0 Å². The molecule has 2 aromatic carbocycles. The average Bonchev–Trinajstić information content (AvgIpc) is 2.87. The molecule has 0 saturated heterocycles. The first-order chi connectivity index (χ1) is 10.8. The smallest absolute Gasteiger partial charge is 0.416 e. The summed E-state index contributed by atoms with van der Waals surface area (Å²) in [6.07, 6.45) is -4.43. The summed E-state index contributed by atoms with van der Waals surface area (Å²) in [5.41, 5.74) is 1.54. The number of fused-ring (bicyclic) bond motifs is 1. The van der Waals surface area contributed by atoms with E-state index in [-0.39, 0.29) is 5.69 Å². The van der Waals surface area contributed by atoms with Gasteiger partial charge in [-0.05, 0) is 30.2 Å². The van der Waals surface area contributed by atoms with Crippen molar-refractivity contribution in [3.8, 4) is 11.1 Å². The summed E-state index contributed by atoms with van der Waals surface area (Å²) in [6, 6.07) is 9.86. The maximum Gasteiger partial charge on any atom is 0.416 e. The van der Waals surface area contributed by atoms with Gasteiger partial charge in [-0.25, -0.2) is 4.79 Å². The molecule has 6 heteroatoms. The van der Waals surface area contributed by atoms with Crippen LogP contribution in [0.5, 0.6) is 0 Å². The number of hydrogen-bond donors (Lipinski definition) is 2. The van der Waals surface area contributed by atoms with Gasteiger partial charge in [0.05, 0.1) is 5.56 Å². The third kappa shape index (κ3) is 2.56. The van der Waals surface area contributed by atoms with Crippen molar-refractivity contribution < 1.29 is 23.1 Å². The number of alkyl halides is 3. The van der Waals surface area contributed by atoms with Crippen LogP contribution in [0.3, 0.4) is 0 Å². The Hall–Kier alpha value is -2.76. The molecule has 118 valence electrons. The first-order valence-electron chi connectivity index (χ1n) is 6.81. The van der Waals surface area contributed by atoms with Crippen LogP contribution >= 0.6 is 0 Å². The molecule has 23 heavy (non-hydrogen) atoms. The van der Waals surface area contributed by atoms with Gasteiger partial charge >= 0.3 is 12.1 Å². The van der Waals surface area contributed by atoms with Crippen LogP contribution < -0.4 is 0 Å². The van der Waals surface area contributed by atoms with Gasteiger partial charge in [0.15, 0.2) is 0 Å². The van der Waals surface area contributed by atoms with E-state index in [9.17, 15) is 23.1 Å². The Kier molecular flexibility index (Phi) is 3.39. The van der Waals surface area contributed by atoms with Crippen LogP contribution in [-0.4, -0.2) is 16.1 Å². The lowest BCUT2D eigenvalue weighted by Gasteiger charge is -2.08. The number of rotatable bonds is 2. The molecule has 3 nitrogen and oxygen atoms in total. The highest BCUT2D eigenvalue weighted by molar-refractivity contribution is 6.08. The quantitative estimate of drug-likeness (QED) is 0.708. The second-order valence-corrected chi connectivity index (χ2v) is 5.25. The minimum Gasteiger partial charge on any atom is -0.477 e. The van der Waals surface area contributed by atoms with E-state index >= 15 is 0 Å². The van der Waals surface area contributed by atoms with Gasteiger partial charge < -0.3 is 10.1 Å². The second-order valence-electron chi connectivity index (χ2n) is 5.25. The predicted octanol–water partition coefficient (Wildman–Crippen LogP) is 4.86. The number of carbonyl (C=O) groups is 1. The van der Waals surface area contributed by atoms with Crippen LogP contribution in [0.15, 0.2) is 42.5 Å². The Balaban J connectivity index is 2.25. The monoisotopic (exact) mass is 319 g/mol. The van der Waals surface area contributed by atoms with Gasteiger partial charge in [0.1, 0.15) is 5.69 Å². The Labute approximate surface area is 129 Å². The van der Waals surface area contributed by atoms with Crippen LogP contribution in [0.4, 0.5) is 13.2 Å². The standard InChI is InChI=1S/C17H12F3NO2/c1-9-3-2-4-12-13(15(16(22)23)21-14(9)12)10-5-7-11(8-6-10)17(18,19)20/h2-8,21H,1H3,(H,22,23). The molecule has 3 aromatic rings. The van der Waals surface area contributed by atoms with Gasteiger partial charge in [0.25, 0.3) is 0 Å². The van der Waals surface area contributed by atoms with Crippen LogP contribution in [0.1, 0.15) is 21.6 Å². The molecular formula is C17H12F3NO2. The van der Waals surface area contributed by atoms with Gasteiger partial charge in [-0.15, -0.1) is 0 Å². The summed E-state index contributed by atoms with van der Waals surface area (Å²) >= 11 is 0. The topological polar surface area (TPSA) is 53.1 Å². The Morgan fingerprint density at radius 2 is 1.74 bits per heavy atom. The lowest BCUT2D eigenvalue weighted by molar-refractivity contribution is -0.137. The molecular weight excluding hydrogens is 307 g/mol. The molecule has 0 spiro atoms. The first-order valence-corrected chi connectivity index (χ1v) is 6.81. The molecule has 0 aliphatic heterocycles. The molecule has 0 bridgehead atoms. The molecule has 0 radical (unpaired) electrons. The lowest BCUT2D eigenvalue weighted by atomic mass is 9.99. The number of aromatic nitrogens is 1. The van der Waals surface area contributed by atoms with Gasteiger partial charge in [0.2, 0.25) is 0 Å². The van der Waals surface area contributed by atoms with Crippen molar-refractivity contribution in [2.45, 2.75) is 13.1 Å². The lowest BCUT2D eigenvalue weighted by Crippen LogP contribution is -2.04. The normalized spacial score (nSPS) is 11.8. The summed E-state index contributed by atoms with van der Waals surface area (Å²) in [5.74, 6) is -1.16. The number of aromatic amines is 1. The van der Waals surface area contributed by atoms with Crippen molar-refractivity contribution in [3.63, 3.8) is 0 Å². The Bertz CT molecular complexity index is 893. The molecule has 2 N–H and O–H groups in total. The van der Waals surface area contributed by atoms with Gasteiger partial charge in [-0.2, -0.15) is 13.2 Å². The predicted molar refractivity (Wildman–Crippen MR) is 80.4 cm³/mol. The van der Waals surface area contributed by atoms with E-state index in [0.29, 0.717) is 22.0 Å². The van der Waals surface area contributed by atoms with Crippen molar-refractivity contribution in [3.05, 3.63) is 59.3 Å². The molecule has 0 aliphatic carbocycles. The number of nitrogens with one attached hydrogen (secondary N) is 1. The SMILES string of the molecule is Cc1cccc2c(-c3ccc(C(F)(F)F)cc3)c(C(=O)O)[nH]c12. The van der Waals surface area contributed by atoms with Crippen LogP contribution in [0.2, 0.25) is 0 Å². The number of aryl methyl sites for hydroxylation is 1. The van der Waals surface area contributed by atoms with Gasteiger partial charge in [0, 0.05) is 16.5 Å². The van der Waals surface area contributed by atoms with E-state index in [1.807, 2.05) is 13.0 Å². The number of hydrogen-bond acceptors (Lipinski definition) is 1. The van der Waals surface area contributed by atoms with Gasteiger partial charge in [-0.1, -0.05) is 30.3 Å². The first kappa shape index (κ1) is 15.1. The van der Waals surface area contributed by atoms with Gasteiger partial charge in [-0.3, -0.25) is 0 Å². The third-order valence-electron chi connectivity index (χ3n) is 3.76. The summed E-state index contributed by atoms with van der Waals surface area (Å²) in [4.78, 5) is 14.3. The van der Waals surface area contributed by atoms with Crippen LogP contribution in [0.25, 0.3) is 22.0 Å². The number of H-pyrrole nitrogens is 1. The molecule has 0 unspecified atom stereocenters. The number of carboxylic acids is 1. The number of aromatic carboxylic acids is 1. The minimum absolute atomic E-state index is 0.0333. The molecule has 0 saturated carbocycles. The number of para-hydroxylation sites is 1. The summed E-state index contributed by atoms with van der Waals surface area (Å²) in [6.45, 7) is 1.83. The fraction of sp³-hybridized carbons (Fsp3) is 0.118. The van der Waals surface area contributed by atoms with Crippen molar-refractivity contribution in [1.29, 1.82) is 0 Å². The zero-order valence-corrected chi connectivity index (χ0v) is 12.0. The number of halogens is 3. The Morgan fingerprint density at radius 1 is 1.09 bits per heavy atom. The van der Waals surface area contributed by atoms with E-state index < -0.39 is 17.7 Å². The highest BCUT2D eigenvalue weighted by Crippen LogP contribution is 2.36. The minimum atomic E-state index is -4.43. The van der Waals surface area contributed by atoms with E-state index in [1.54, 1.807) is 12.1 Å². The second kappa shape index (κ2) is 5.15. The largest absolute Gasteiger partial charge is 0.477 e. The number of carboxylic acid groups (broad SMARTS) is 1. The van der Waals surface area contributed by atoms with Crippen molar-refractivity contribution in [2.75, 3.05) is 0 Å². The molecule has 3 rings (SSSR count). The molecule has 0 aliphatic rings. The molecule has 0 atom stereocenters. The Morgan fingerprint density at radius 3 is 2.30 bits per heavy atom. The van der Waals surface area contributed by atoms with Crippen molar-refractivity contribution in [1.82, 2.24) is 4.98 Å². The van der Waals surface area contributed by atoms with E-state index in [4.69, 9.17) is 0 Å². The molecule has 0 amide bonds. The zero-order valence-electron chi connectivity index (χ0n) is 12.0. The fourth-order valence-corrected chi connectivity index (χ4v) is 2.65. The number of benzene rings is 2. The van der Waals surface area contributed by atoms with E-state index in [2.05, 4.69) is 4.98 Å². The summed E-state index contributed by atoms with van der Waals surface area (Å²) in [7, 11) is 0. The fourth-order valence-electron chi connectivity index (χ4n) is 2.65. The van der Waals surface area contributed by atoms with Crippen LogP contribution in [-0.2, 0) is 6.18 Å². The summed E-state index contributed by atoms with van der Waals surface area (Å²) in [5, 5.41) is 10.1. The third-order valence-corrected chi connectivity index (χ3v) is 3.76. The molecule has 1 heterocycles.